The monoisotopic (exact) mass is 390 g/mol. The van der Waals surface area contributed by atoms with E-state index < -0.39 is 15.7 Å². The molecule has 3 N–H and O–H groups in total. The Bertz CT molecular complexity index is 958. The van der Waals surface area contributed by atoms with Gasteiger partial charge in [0.2, 0.25) is 5.91 Å². The lowest BCUT2D eigenvalue weighted by atomic mass is 10.2. The van der Waals surface area contributed by atoms with Crippen molar-refractivity contribution in [2.24, 2.45) is 0 Å². The molecule has 0 aliphatic heterocycles. The number of benzene rings is 1. The van der Waals surface area contributed by atoms with E-state index >= 15 is 0 Å². The second-order valence-electron chi connectivity index (χ2n) is 5.89. The molecule has 0 radical (unpaired) electrons. The second kappa shape index (κ2) is 8.63. The van der Waals surface area contributed by atoms with Crippen molar-refractivity contribution in [1.29, 1.82) is 0 Å². The molecule has 1 aromatic carbocycles. The quantitative estimate of drug-likeness (QED) is 0.668. The van der Waals surface area contributed by atoms with Crippen molar-refractivity contribution in [2.75, 3.05) is 23.9 Å². The van der Waals surface area contributed by atoms with Crippen molar-refractivity contribution in [1.82, 2.24) is 10.3 Å². The minimum absolute atomic E-state index is 0.0984. The summed E-state index contributed by atoms with van der Waals surface area (Å²) in [6.07, 6.45) is 3.47. The first-order chi connectivity index (χ1) is 12.8. The highest BCUT2D eigenvalue weighted by atomic mass is 32.2. The molecule has 1 aromatic heterocycles. The fourth-order valence-electron chi connectivity index (χ4n) is 2.41. The molecule has 2 rings (SSSR count). The van der Waals surface area contributed by atoms with Gasteiger partial charge in [0.1, 0.15) is 5.82 Å². The van der Waals surface area contributed by atoms with Gasteiger partial charge >= 0.3 is 0 Å². The van der Waals surface area contributed by atoms with Gasteiger partial charge in [-0.05, 0) is 18.6 Å². The molecule has 0 saturated heterocycles. The summed E-state index contributed by atoms with van der Waals surface area (Å²) in [5.74, 6) is -0.325. The Morgan fingerprint density at radius 2 is 1.85 bits per heavy atom. The van der Waals surface area contributed by atoms with Crippen LogP contribution in [0, 0.1) is 0 Å². The number of aromatic nitrogens is 1. The lowest BCUT2D eigenvalue weighted by Crippen LogP contribution is -2.20. The van der Waals surface area contributed by atoms with E-state index in [0.29, 0.717) is 24.2 Å². The maximum Gasteiger partial charge on any atom is 0.254 e. The summed E-state index contributed by atoms with van der Waals surface area (Å²) in [7, 11) is -2.00. The number of carbonyl (C=O) groups excluding carboxylic acids is 2. The van der Waals surface area contributed by atoms with Gasteiger partial charge in [0.05, 0.1) is 21.8 Å². The molecule has 27 heavy (non-hydrogen) atoms. The van der Waals surface area contributed by atoms with Crippen LogP contribution in [0.5, 0.6) is 0 Å². The van der Waals surface area contributed by atoms with Gasteiger partial charge in [0.15, 0.2) is 9.84 Å². The van der Waals surface area contributed by atoms with E-state index in [4.69, 9.17) is 0 Å². The van der Waals surface area contributed by atoms with E-state index in [0.717, 1.165) is 6.26 Å². The topological polar surface area (TPSA) is 117 Å². The van der Waals surface area contributed by atoms with Crippen molar-refractivity contribution in [2.45, 2.75) is 24.7 Å². The van der Waals surface area contributed by atoms with Crippen LogP contribution in [0.3, 0.4) is 0 Å². The predicted molar refractivity (Wildman–Crippen MR) is 104 cm³/mol. The molecular formula is C18H22N4O4S. The fraction of sp³-hybridized carbons (Fsp3) is 0.278. The van der Waals surface area contributed by atoms with Gasteiger partial charge < -0.3 is 16.0 Å². The molecule has 1 heterocycles. The Hall–Kier alpha value is -2.94. The highest BCUT2D eigenvalue weighted by Gasteiger charge is 2.17. The van der Waals surface area contributed by atoms with E-state index in [-0.39, 0.29) is 22.2 Å². The third kappa shape index (κ3) is 5.27. The third-order valence-electron chi connectivity index (χ3n) is 3.68. The normalized spacial score (nSPS) is 10.9. The number of sulfone groups is 1. The highest BCUT2D eigenvalue weighted by molar-refractivity contribution is 7.90. The van der Waals surface area contributed by atoms with Crippen LogP contribution in [0.25, 0.3) is 0 Å². The SMILES string of the molecule is CCCC(=O)Nc1cc(Nc2ccccc2S(C)(=O)=O)c(C(=O)NC)cn1. The van der Waals surface area contributed by atoms with Crippen molar-refractivity contribution >= 4 is 38.8 Å². The Morgan fingerprint density at radius 1 is 1.15 bits per heavy atom. The lowest BCUT2D eigenvalue weighted by molar-refractivity contribution is -0.116. The molecule has 0 aliphatic carbocycles. The van der Waals surface area contributed by atoms with Gasteiger partial charge in [-0.2, -0.15) is 0 Å². The summed E-state index contributed by atoms with van der Waals surface area (Å²) >= 11 is 0. The number of nitrogens with one attached hydrogen (secondary N) is 3. The van der Waals surface area contributed by atoms with Crippen LogP contribution < -0.4 is 16.0 Å². The second-order valence-corrected chi connectivity index (χ2v) is 7.87. The molecule has 0 fully saturated rings. The van der Waals surface area contributed by atoms with Gasteiger partial charge in [-0.15, -0.1) is 0 Å². The van der Waals surface area contributed by atoms with E-state index in [1.54, 1.807) is 18.2 Å². The van der Waals surface area contributed by atoms with E-state index in [1.165, 1.54) is 25.4 Å². The Morgan fingerprint density at radius 3 is 2.48 bits per heavy atom. The molecule has 144 valence electrons. The molecule has 0 unspecified atom stereocenters. The van der Waals surface area contributed by atoms with Crippen LogP contribution in [0.4, 0.5) is 17.2 Å². The lowest BCUT2D eigenvalue weighted by Gasteiger charge is -2.15. The Kier molecular flexibility index (Phi) is 6.51. The maximum absolute atomic E-state index is 12.1. The van der Waals surface area contributed by atoms with Crippen LogP contribution in [-0.4, -0.2) is 38.5 Å². The molecule has 0 saturated carbocycles. The van der Waals surface area contributed by atoms with Crippen molar-refractivity contribution in [3.63, 3.8) is 0 Å². The predicted octanol–water partition coefficient (Wildman–Crippen LogP) is 2.33. The Labute approximate surface area is 158 Å². The average Bonchev–Trinajstić information content (AvgIpc) is 2.61. The third-order valence-corrected chi connectivity index (χ3v) is 4.83. The number of hydrogen-bond acceptors (Lipinski definition) is 6. The molecule has 0 aliphatic rings. The number of hydrogen-bond donors (Lipinski definition) is 3. The zero-order chi connectivity index (χ0) is 20.0. The van der Waals surface area contributed by atoms with Crippen LogP contribution in [0.2, 0.25) is 0 Å². The molecule has 2 aromatic rings. The summed E-state index contributed by atoms with van der Waals surface area (Å²) in [5.41, 5.74) is 0.865. The van der Waals surface area contributed by atoms with Crippen LogP contribution in [0.1, 0.15) is 30.1 Å². The largest absolute Gasteiger partial charge is 0.355 e. The first-order valence-corrected chi connectivity index (χ1v) is 10.2. The first kappa shape index (κ1) is 20.4. The fourth-order valence-corrected chi connectivity index (χ4v) is 3.26. The number of nitrogens with zero attached hydrogens (tertiary/aromatic N) is 1. The minimum atomic E-state index is -3.48. The number of rotatable bonds is 7. The van der Waals surface area contributed by atoms with E-state index in [1.807, 2.05) is 6.92 Å². The number of carbonyl (C=O) groups is 2. The van der Waals surface area contributed by atoms with Crippen LogP contribution in [-0.2, 0) is 14.6 Å². The number of pyridine rings is 1. The maximum atomic E-state index is 12.1. The first-order valence-electron chi connectivity index (χ1n) is 8.34. The molecule has 0 atom stereocenters. The molecule has 9 heteroatoms. The molecule has 2 amide bonds. The highest BCUT2D eigenvalue weighted by Crippen LogP contribution is 2.28. The van der Waals surface area contributed by atoms with Crippen molar-refractivity contribution in [3.05, 3.63) is 42.1 Å². The zero-order valence-corrected chi connectivity index (χ0v) is 16.2. The van der Waals surface area contributed by atoms with Gasteiger partial charge in [-0.25, -0.2) is 13.4 Å². The molecule has 0 bridgehead atoms. The smallest absolute Gasteiger partial charge is 0.254 e. The van der Waals surface area contributed by atoms with Crippen molar-refractivity contribution < 1.29 is 18.0 Å². The summed E-state index contributed by atoms with van der Waals surface area (Å²) in [4.78, 5) is 28.1. The summed E-state index contributed by atoms with van der Waals surface area (Å²) in [6, 6.07) is 7.87. The summed E-state index contributed by atoms with van der Waals surface area (Å²) in [5, 5.41) is 8.14. The van der Waals surface area contributed by atoms with Gasteiger partial charge in [0.25, 0.3) is 5.91 Å². The summed E-state index contributed by atoms with van der Waals surface area (Å²) in [6.45, 7) is 1.89. The number of para-hydroxylation sites is 1. The standard InChI is InChI=1S/C18H22N4O4S/c1-4-7-17(23)22-16-10-14(12(11-20-16)18(24)19-2)21-13-8-5-6-9-15(13)27(3,25)26/h5-6,8-11H,4,7H2,1-3H3,(H,19,24)(H2,20,21,22,23). The number of anilines is 3. The van der Waals surface area contributed by atoms with Crippen LogP contribution in [0.15, 0.2) is 41.4 Å². The molecule has 0 spiro atoms. The van der Waals surface area contributed by atoms with Crippen LogP contribution >= 0.6 is 0 Å². The molecular weight excluding hydrogens is 368 g/mol. The average molecular weight is 390 g/mol. The Balaban J connectivity index is 2.47. The van der Waals surface area contributed by atoms with Crippen molar-refractivity contribution in [3.8, 4) is 0 Å². The van der Waals surface area contributed by atoms with E-state index in [9.17, 15) is 18.0 Å². The minimum Gasteiger partial charge on any atom is -0.355 e. The summed E-state index contributed by atoms with van der Waals surface area (Å²) < 4.78 is 24.0. The van der Waals surface area contributed by atoms with Gasteiger partial charge in [-0.1, -0.05) is 19.1 Å². The zero-order valence-electron chi connectivity index (χ0n) is 15.4. The number of amides is 2. The molecule has 8 nitrogen and oxygen atoms in total. The van der Waals surface area contributed by atoms with Gasteiger partial charge in [0, 0.05) is 32.0 Å². The van der Waals surface area contributed by atoms with Gasteiger partial charge in [-0.3, -0.25) is 9.59 Å². The van der Waals surface area contributed by atoms with E-state index in [2.05, 4.69) is 20.9 Å².